The standard InChI is InChI=1S/C26H29ClN6O6S/c1-5-39-19-11-6-8-16(28-19)24-31-23-25(33(24)20-17(37-3)9-7-10-18(20)38-4)30-22(21(27)29-23)32-40(35,36)14-15-12-26(2,34)13-15/h6-11,15,34H,5,12-14H2,1-4H3,(H,30,32). The third-order valence-corrected chi connectivity index (χ3v) is 8.17. The molecule has 1 saturated carbocycles. The molecule has 40 heavy (non-hydrogen) atoms. The quantitative estimate of drug-likeness (QED) is 0.279. The number of anilines is 1. The van der Waals surface area contributed by atoms with E-state index in [4.69, 9.17) is 25.8 Å². The van der Waals surface area contributed by atoms with Gasteiger partial charge >= 0.3 is 0 Å². The van der Waals surface area contributed by atoms with Crippen molar-refractivity contribution in [1.29, 1.82) is 0 Å². The van der Waals surface area contributed by atoms with Gasteiger partial charge in [0.15, 0.2) is 28.1 Å². The first-order valence-corrected chi connectivity index (χ1v) is 14.6. The average Bonchev–Trinajstić information content (AvgIpc) is 3.24. The second-order valence-corrected chi connectivity index (χ2v) is 11.9. The van der Waals surface area contributed by atoms with Crippen molar-refractivity contribution in [1.82, 2.24) is 24.5 Å². The molecule has 1 aromatic carbocycles. The normalized spacial score (nSPS) is 18.8. The zero-order valence-corrected chi connectivity index (χ0v) is 24.0. The van der Waals surface area contributed by atoms with E-state index < -0.39 is 15.6 Å². The smallest absolute Gasteiger partial charge is 0.234 e. The number of sulfonamides is 1. The minimum atomic E-state index is -3.85. The molecule has 0 unspecified atom stereocenters. The van der Waals surface area contributed by atoms with Gasteiger partial charge in [-0.15, -0.1) is 0 Å². The molecule has 3 heterocycles. The molecule has 5 rings (SSSR count). The Morgan fingerprint density at radius 3 is 2.38 bits per heavy atom. The number of benzene rings is 1. The number of nitrogens with zero attached hydrogens (tertiary/aromatic N) is 5. The van der Waals surface area contributed by atoms with Crippen LogP contribution in [0.1, 0.15) is 26.7 Å². The molecule has 1 aliphatic rings. The van der Waals surface area contributed by atoms with Gasteiger partial charge in [0, 0.05) is 6.07 Å². The Balaban J connectivity index is 1.68. The molecule has 1 aliphatic carbocycles. The van der Waals surface area contributed by atoms with E-state index in [0.717, 1.165) is 0 Å². The van der Waals surface area contributed by atoms with Crippen LogP contribution in [0.15, 0.2) is 36.4 Å². The van der Waals surface area contributed by atoms with E-state index in [-0.39, 0.29) is 33.9 Å². The third-order valence-electron chi connectivity index (χ3n) is 6.49. The van der Waals surface area contributed by atoms with Crippen LogP contribution < -0.4 is 18.9 Å². The number of hydrogen-bond donors (Lipinski definition) is 2. The molecular formula is C26H29ClN6O6S. The molecule has 0 aliphatic heterocycles. The number of para-hydroxylation sites is 1. The topological polar surface area (TPSA) is 151 Å². The van der Waals surface area contributed by atoms with E-state index in [1.165, 1.54) is 14.2 Å². The first kappa shape index (κ1) is 27.9. The highest BCUT2D eigenvalue weighted by Crippen LogP contribution is 2.40. The lowest BCUT2D eigenvalue weighted by atomic mass is 9.73. The molecule has 4 aromatic rings. The van der Waals surface area contributed by atoms with Crippen LogP contribution in [0.2, 0.25) is 5.15 Å². The Morgan fingerprint density at radius 2 is 1.75 bits per heavy atom. The van der Waals surface area contributed by atoms with Crippen LogP contribution >= 0.6 is 11.6 Å². The monoisotopic (exact) mass is 588 g/mol. The molecule has 2 N–H and O–H groups in total. The number of rotatable bonds is 10. The van der Waals surface area contributed by atoms with Gasteiger partial charge in [-0.3, -0.25) is 9.29 Å². The Hall–Kier alpha value is -3.68. The van der Waals surface area contributed by atoms with Crippen molar-refractivity contribution < 1.29 is 27.7 Å². The van der Waals surface area contributed by atoms with Crippen molar-refractivity contribution >= 4 is 38.7 Å². The van der Waals surface area contributed by atoms with E-state index in [0.29, 0.717) is 54.0 Å². The maximum atomic E-state index is 13.0. The minimum Gasteiger partial charge on any atom is -0.494 e. The van der Waals surface area contributed by atoms with Crippen molar-refractivity contribution in [2.45, 2.75) is 32.3 Å². The van der Waals surface area contributed by atoms with Crippen LogP contribution in [0.5, 0.6) is 17.4 Å². The Kier molecular flexibility index (Phi) is 7.46. The predicted molar refractivity (Wildman–Crippen MR) is 150 cm³/mol. The molecule has 0 amide bonds. The number of pyridine rings is 1. The fourth-order valence-electron chi connectivity index (χ4n) is 4.94. The molecular weight excluding hydrogens is 560 g/mol. The van der Waals surface area contributed by atoms with Gasteiger partial charge in [-0.2, -0.15) is 0 Å². The maximum absolute atomic E-state index is 13.0. The molecule has 12 nitrogen and oxygen atoms in total. The first-order valence-electron chi connectivity index (χ1n) is 12.5. The lowest BCUT2D eigenvalue weighted by Crippen LogP contribution is -2.44. The van der Waals surface area contributed by atoms with Crippen LogP contribution in [-0.4, -0.2) is 70.2 Å². The number of halogens is 1. The van der Waals surface area contributed by atoms with Crippen molar-refractivity contribution in [2.24, 2.45) is 5.92 Å². The Labute approximate surface area is 236 Å². The predicted octanol–water partition coefficient (Wildman–Crippen LogP) is 3.85. The lowest BCUT2D eigenvalue weighted by Gasteiger charge is -2.40. The molecule has 3 aromatic heterocycles. The summed E-state index contributed by atoms with van der Waals surface area (Å²) in [7, 11) is -0.815. The number of fused-ring (bicyclic) bond motifs is 1. The molecule has 14 heteroatoms. The van der Waals surface area contributed by atoms with E-state index >= 15 is 0 Å². The average molecular weight is 589 g/mol. The fraction of sp³-hybridized carbons (Fsp3) is 0.385. The summed E-state index contributed by atoms with van der Waals surface area (Å²) in [6.07, 6.45) is 0.786. The zero-order chi connectivity index (χ0) is 28.7. The SMILES string of the molecule is CCOc1cccc(-c2nc3nc(Cl)c(NS(=O)(=O)CC4CC(C)(O)C4)nc3n2-c2c(OC)cccc2OC)n1. The van der Waals surface area contributed by atoms with Crippen LogP contribution in [0, 0.1) is 5.92 Å². The highest BCUT2D eigenvalue weighted by Gasteiger charge is 2.40. The van der Waals surface area contributed by atoms with E-state index in [1.807, 2.05) is 6.92 Å². The van der Waals surface area contributed by atoms with Gasteiger partial charge < -0.3 is 19.3 Å². The van der Waals surface area contributed by atoms with Gasteiger partial charge in [0.1, 0.15) is 22.9 Å². The molecule has 0 spiro atoms. The van der Waals surface area contributed by atoms with Gasteiger partial charge in [-0.1, -0.05) is 23.7 Å². The van der Waals surface area contributed by atoms with Crippen LogP contribution in [-0.2, 0) is 10.0 Å². The number of aromatic nitrogens is 5. The van der Waals surface area contributed by atoms with Crippen molar-refractivity contribution in [2.75, 3.05) is 31.3 Å². The molecule has 1 fully saturated rings. The number of nitrogens with one attached hydrogen (secondary N) is 1. The molecule has 0 radical (unpaired) electrons. The van der Waals surface area contributed by atoms with E-state index in [9.17, 15) is 13.5 Å². The molecule has 212 valence electrons. The van der Waals surface area contributed by atoms with Gasteiger partial charge in [-0.25, -0.2) is 28.4 Å². The van der Waals surface area contributed by atoms with Gasteiger partial charge in [0.2, 0.25) is 15.9 Å². The summed E-state index contributed by atoms with van der Waals surface area (Å²) in [5, 5.41) is 9.83. The van der Waals surface area contributed by atoms with Crippen molar-refractivity contribution in [3.63, 3.8) is 0 Å². The maximum Gasteiger partial charge on any atom is 0.234 e. The fourth-order valence-corrected chi connectivity index (χ4v) is 6.55. The number of methoxy groups -OCH3 is 2. The summed E-state index contributed by atoms with van der Waals surface area (Å²) in [6.45, 7) is 3.96. The summed E-state index contributed by atoms with van der Waals surface area (Å²) in [4.78, 5) is 18.2. The van der Waals surface area contributed by atoms with Gasteiger partial charge in [0.05, 0.1) is 32.2 Å². The highest BCUT2D eigenvalue weighted by molar-refractivity contribution is 7.92. The summed E-state index contributed by atoms with van der Waals surface area (Å²) in [5.74, 6) is 1.09. The van der Waals surface area contributed by atoms with Crippen LogP contribution in [0.25, 0.3) is 28.5 Å². The zero-order valence-electron chi connectivity index (χ0n) is 22.4. The third kappa shape index (κ3) is 5.49. The Morgan fingerprint density at radius 1 is 1.07 bits per heavy atom. The molecule has 0 atom stereocenters. The minimum absolute atomic E-state index is 0.148. The molecule has 0 bridgehead atoms. The van der Waals surface area contributed by atoms with E-state index in [1.54, 1.807) is 47.9 Å². The first-order chi connectivity index (χ1) is 19.0. The summed E-state index contributed by atoms with van der Waals surface area (Å²) >= 11 is 6.40. The second kappa shape index (κ2) is 10.7. The lowest BCUT2D eigenvalue weighted by molar-refractivity contribution is -0.0494. The van der Waals surface area contributed by atoms with Gasteiger partial charge in [0.25, 0.3) is 0 Å². The van der Waals surface area contributed by atoms with Gasteiger partial charge in [-0.05, 0) is 50.8 Å². The summed E-state index contributed by atoms with van der Waals surface area (Å²) in [6, 6.07) is 10.5. The number of ether oxygens (including phenoxy) is 3. The number of aliphatic hydroxyl groups is 1. The molecule has 0 saturated heterocycles. The van der Waals surface area contributed by atoms with Crippen molar-refractivity contribution in [3.05, 3.63) is 41.6 Å². The highest BCUT2D eigenvalue weighted by atomic mass is 35.5. The number of imidazole rings is 1. The largest absolute Gasteiger partial charge is 0.494 e. The van der Waals surface area contributed by atoms with Crippen molar-refractivity contribution in [3.8, 4) is 34.6 Å². The number of hydrogen-bond acceptors (Lipinski definition) is 10. The summed E-state index contributed by atoms with van der Waals surface area (Å²) in [5.41, 5.74) is 0.384. The van der Waals surface area contributed by atoms with Crippen LogP contribution in [0.4, 0.5) is 5.82 Å². The second-order valence-electron chi connectivity index (χ2n) is 9.74. The van der Waals surface area contributed by atoms with Crippen LogP contribution in [0.3, 0.4) is 0 Å². The summed E-state index contributed by atoms with van der Waals surface area (Å²) < 4.78 is 46.9. The Bertz CT molecular complexity index is 1650. The van der Waals surface area contributed by atoms with E-state index in [2.05, 4.69) is 24.7 Å².